The Kier molecular flexibility index (Phi) is 7.11. The second-order valence-corrected chi connectivity index (χ2v) is 13.6. The lowest BCUT2D eigenvalue weighted by atomic mass is 9.56. The van der Waals surface area contributed by atoms with E-state index < -0.39 is 62.7 Å². The van der Waals surface area contributed by atoms with Gasteiger partial charge in [0.25, 0.3) is 11.8 Å². The summed E-state index contributed by atoms with van der Waals surface area (Å²) in [4.78, 5) is 55.8. The Morgan fingerprint density at radius 1 is 0.955 bits per heavy atom. The lowest BCUT2D eigenvalue weighted by Gasteiger charge is -2.50. The van der Waals surface area contributed by atoms with Crippen LogP contribution in [0.1, 0.15) is 24.3 Å². The number of fused-ring (bicyclic) bond motifs is 4. The molecule has 3 saturated heterocycles. The highest BCUT2D eigenvalue weighted by Crippen LogP contribution is 2.65. The van der Waals surface area contributed by atoms with Crippen LogP contribution in [-0.4, -0.2) is 75.1 Å². The Bertz CT molecular complexity index is 1630. The molecule has 44 heavy (non-hydrogen) atoms. The number of anilines is 2. The number of halogens is 4. The quantitative estimate of drug-likeness (QED) is 0.219. The molecule has 13 heteroatoms. The largest absolute Gasteiger partial charge is 0.505 e. The summed E-state index contributed by atoms with van der Waals surface area (Å²) in [6.45, 7) is 2.72. The monoisotopic (exact) mass is 705 g/mol. The van der Waals surface area contributed by atoms with Gasteiger partial charge >= 0.3 is 0 Å². The number of phenols is 1. The summed E-state index contributed by atoms with van der Waals surface area (Å²) in [5.74, 6) is -7.22. The number of allylic oxidation sites excluding steroid dienone is 2. The number of carbonyl (C=O) groups excluding carboxylic acids is 4. The summed E-state index contributed by atoms with van der Waals surface area (Å²) in [5.41, 5.74) is 2.00. The molecule has 230 valence electrons. The summed E-state index contributed by atoms with van der Waals surface area (Å²) >= 11 is 17.5. The number of rotatable bonds is 4. The normalized spacial score (nSPS) is 33.4. The van der Waals surface area contributed by atoms with Crippen LogP contribution in [0.3, 0.4) is 0 Å². The van der Waals surface area contributed by atoms with Crippen molar-refractivity contribution in [1.29, 1.82) is 0 Å². The van der Waals surface area contributed by atoms with Gasteiger partial charge in [0, 0.05) is 24.7 Å². The van der Waals surface area contributed by atoms with Crippen LogP contribution in [0.5, 0.6) is 5.75 Å². The van der Waals surface area contributed by atoms with E-state index in [1.54, 1.807) is 18.2 Å². The topological polar surface area (TPSA) is 107 Å². The number of amides is 4. The van der Waals surface area contributed by atoms with Gasteiger partial charge in [0.05, 0.1) is 36.2 Å². The fourth-order valence-electron chi connectivity index (χ4n) is 7.72. The van der Waals surface area contributed by atoms with Crippen molar-refractivity contribution in [2.75, 3.05) is 41.6 Å². The first-order valence-corrected chi connectivity index (χ1v) is 16.2. The minimum atomic E-state index is -2.04. The van der Waals surface area contributed by atoms with Gasteiger partial charge in [-0.1, -0.05) is 33.6 Å². The summed E-state index contributed by atoms with van der Waals surface area (Å²) in [7, 11) is 0. The van der Waals surface area contributed by atoms with Gasteiger partial charge in [-0.05, 0) is 60.7 Å². The van der Waals surface area contributed by atoms with Gasteiger partial charge in [-0.15, -0.1) is 23.2 Å². The number of nitrogens with zero attached hydrogens (tertiary/aromatic N) is 3. The Morgan fingerprint density at radius 3 is 2.30 bits per heavy atom. The molecule has 6 unspecified atom stereocenters. The highest BCUT2D eigenvalue weighted by Gasteiger charge is 2.76. The van der Waals surface area contributed by atoms with E-state index in [2.05, 4.69) is 20.8 Å². The van der Waals surface area contributed by atoms with Crippen molar-refractivity contribution >= 4 is 74.1 Å². The maximum atomic E-state index is 14.7. The lowest BCUT2D eigenvalue weighted by molar-refractivity contribution is -0.138. The molecule has 0 aromatic heterocycles. The predicted octanol–water partition coefficient (Wildman–Crippen LogP) is 4.28. The minimum absolute atomic E-state index is 0.161. The standard InChI is InChI=1S/C31H27BrCl2FN3O6/c32-15-37-28(42)30(33)14-21-19(25(31(30,34)29(37)43)16-1-8-23(39)22(35)13-16)6-7-20-24(21)27(41)38(26(20)40)18-4-2-17(3-5-18)36-9-11-44-12-10-36/h1-6,8,13,20-21,24-25,39H,7,9-12,14-15H2. The third kappa shape index (κ3) is 3.98. The molecule has 4 amide bonds. The van der Waals surface area contributed by atoms with Gasteiger partial charge in [-0.25, -0.2) is 4.39 Å². The van der Waals surface area contributed by atoms with Crippen molar-refractivity contribution in [2.24, 2.45) is 17.8 Å². The van der Waals surface area contributed by atoms with Crippen molar-refractivity contribution in [2.45, 2.75) is 28.5 Å². The molecule has 5 aliphatic rings. The molecule has 0 radical (unpaired) electrons. The highest BCUT2D eigenvalue weighted by atomic mass is 79.9. The van der Waals surface area contributed by atoms with Crippen LogP contribution in [-0.2, 0) is 23.9 Å². The van der Waals surface area contributed by atoms with Crippen molar-refractivity contribution in [1.82, 2.24) is 4.90 Å². The number of hydrogen-bond acceptors (Lipinski definition) is 7. The molecule has 6 atom stereocenters. The van der Waals surface area contributed by atoms with Gasteiger partial charge in [0.2, 0.25) is 11.8 Å². The zero-order valence-electron chi connectivity index (χ0n) is 23.2. The molecule has 3 aliphatic heterocycles. The van der Waals surface area contributed by atoms with E-state index in [9.17, 15) is 28.7 Å². The average molecular weight is 707 g/mol. The molecule has 0 spiro atoms. The third-order valence-corrected chi connectivity index (χ3v) is 11.7. The smallest absolute Gasteiger partial charge is 0.254 e. The lowest BCUT2D eigenvalue weighted by Crippen LogP contribution is -2.60. The molecule has 1 N–H and O–H groups in total. The number of alkyl halides is 3. The molecule has 9 nitrogen and oxygen atoms in total. The Balaban J connectivity index is 1.29. The first-order valence-electron chi connectivity index (χ1n) is 14.3. The van der Waals surface area contributed by atoms with Crippen LogP contribution in [0.2, 0.25) is 0 Å². The molecular weight excluding hydrogens is 680 g/mol. The van der Waals surface area contributed by atoms with Crippen molar-refractivity contribution in [3.63, 3.8) is 0 Å². The number of likely N-dealkylation sites (tertiary alicyclic amines) is 1. The molecule has 2 aromatic carbocycles. The molecular formula is C31H27BrCl2FN3O6. The van der Waals surface area contributed by atoms with Crippen LogP contribution in [0.25, 0.3) is 0 Å². The maximum absolute atomic E-state index is 14.7. The maximum Gasteiger partial charge on any atom is 0.254 e. The summed E-state index contributed by atoms with van der Waals surface area (Å²) in [5, 5.41) is 9.89. The average Bonchev–Trinajstić information content (AvgIpc) is 3.36. The number of ether oxygens (including phenoxy) is 1. The van der Waals surface area contributed by atoms with Gasteiger partial charge < -0.3 is 14.7 Å². The predicted molar refractivity (Wildman–Crippen MR) is 163 cm³/mol. The van der Waals surface area contributed by atoms with E-state index >= 15 is 0 Å². The summed E-state index contributed by atoms with van der Waals surface area (Å²) in [6.07, 6.45) is 1.80. The van der Waals surface area contributed by atoms with Gasteiger partial charge in [0.1, 0.15) is 0 Å². The molecule has 3 heterocycles. The van der Waals surface area contributed by atoms with E-state index in [-0.39, 0.29) is 29.8 Å². The number of morpholine rings is 1. The van der Waals surface area contributed by atoms with Crippen LogP contribution in [0.15, 0.2) is 54.1 Å². The molecule has 2 aromatic rings. The van der Waals surface area contributed by atoms with E-state index in [0.717, 1.165) is 35.8 Å². The first-order chi connectivity index (χ1) is 21.0. The number of phenolic OH excluding ortho intramolecular Hbond substituents is 1. The Labute approximate surface area is 270 Å². The molecule has 2 aliphatic carbocycles. The zero-order valence-corrected chi connectivity index (χ0v) is 26.3. The number of imide groups is 2. The fourth-order valence-corrected chi connectivity index (χ4v) is 9.14. The van der Waals surface area contributed by atoms with Gasteiger partial charge in [0.15, 0.2) is 21.3 Å². The first kappa shape index (κ1) is 29.7. The second-order valence-electron chi connectivity index (χ2n) is 11.8. The van der Waals surface area contributed by atoms with Gasteiger partial charge in [-0.3, -0.25) is 29.0 Å². The molecule has 7 rings (SSSR count). The van der Waals surface area contributed by atoms with Crippen LogP contribution < -0.4 is 9.80 Å². The van der Waals surface area contributed by atoms with Crippen LogP contribution in [0.4, 0.5) is 15.8 Å². The Hall–Kier alpha value is -2.99. The van der Waals surface area contributed by atoms with E-state index in [1.807, 2.05) is 12.1 Å². The molecule has 1 saturated carbocycles. The van der Waals surface area contributed by atoms with Crippen molar-refractivity contribution in [3.8, 4) is 5.75 Å². The van der Waals surface area contributed by atoms with Crippen LogP contribution >= 0.6 is 39.1 Å². The van der Waals surface area contributed by atoms with Crippen molar-refractivity contribution in [3.05, 3.63) is 65.5 Å². The number of carbonyl (C=O) groups is 4. The van der Waals surface area contributed by atoms with E-state index in [0.29, 0.717) is 24.5 Å². The summed E-state index contributed by atoms with van der Waals surface area (Å²) < 4.78 is 20.2. The highest BCUT2D eigenvalue weighted by molar-refractivity contribution is 9.09. The number of benzene rings is 2. The third-order valence-electron chi connectivity index (χ3n) is 9.80. The van der Waals surface area contributed by atoms with E-state index in [4.69, 9.17) is 27.9 Å². The second kappa shape index (κ2) is 10.5. The Morgan fingerprint density at radius 2 is 1.64 bits per heavy atom. The van der Waals surface area contributed by atoms with E-state index in [1.165, 1.54) is 11.0 Å². The SMILES string of the molecule is O=C1C2CC=C3C(CC4(Cl)C(=O)N(CBr)C(=O)C4(Cl)C3c3ccc(O)c(F)c3)C2C(=O)N1c1ccc(N2CCOCC2)cc1. The van der Waals surface area contributed by atoms with Crippen molar-refractivity contribution < 1.29 is 33.4 Å². The summed E-state index contributed by atoms with van der Waals surface area (Å²) in [6, 6.07) is 10.9. The fraction of sp³-hybridized carbons (Fsp3) is 0.419. The molecule has 0 bridgehead atoms. The van der Waals surface area contributed by atoms with Crippen LogP contribution in [0, 0.1) is 23.6 Å². The zero-order chi connectivity index (χ0) is 31.1. The van der Waals surface area contributed by atoms with Gasteiger partial charge in [-0.2, -0.15) is 0 Å². The molecule has 4 fully saturated rings. The minimum Gasteiger partial charge on any atom is -0.505 e. The number of aromatic hydroxyl groups is 1. The number of hydrogen-bond donors (Lipinski definition) is 1.